The highest BCUT2D eigenvalue weighted by molar-refractivity contribution is 7.90. The molecular weight excluding hydrogens is 565 g/mol. The lowest BCUT2D eigenvalue weighted by Gasteiger charge is -2.24. The Morgan fingerprint density at radius 2 is 1.54 bits per heavy atom. The molecule has 0 N–H and O–H groups in total. The second-order valence-electron chi connectivity index (χ2n) is 8.92. The third kappa shape index (κ3) is 5.49. The van der Waals surface area contributed by atoms with Gasteiger partial charge in [0.05, 0.1) is 49.8 Å². The highest BCUT2D eigenvalue weighted by Crippen LogP contribution is 2.33. The summed E-state index contributed by atoms with van der Waals surface area (Å²) in [4.78, 5) is 49.2. The number of aromatic nitrogens is 2. The number of esters is 1. The van der Waals surface area contributed by atoms with Crippen LogP contribution in [0.2, 0.25) is 10.0 Å². The first-order valence-corrected chi connectivity index (χ1v) is 14.4. The van der Waals surface area contributed by atoms with Crippen LogP contribution < -0.4 is 4.74 Å². The van der Waals surface area contributed by atoms with Crippen molar-refractivity contribution in [3.63, 3.8) is 0 Å². The van der Waals surface area contributed by atoms with Crippen molar-refractivity contribution >= 4 is 61.9 Å². The van der Waals surface area contributed by atoms with Crippen LogP contribution in [0.5, 0.6) is 5.75 Å². The van der Waals surface area contributed by atoms with Crippen LogP contribution in [-0.4, -0.2) is 59.1 Å². The van der Waals surface area contributed by atoms with Gasteiger partial charge in [-0.3, -0.25) is 19.5 Å². The number of nitrogens with zero attached hydrogens (tertiary/aromatic N) is 3. The van der Waals surface area contributed by atoms with Crippen molar-refractivity contribution in [2.75, 3.05) is 12.0 Å². The number of amides is 2. The maximum Gasteiger partial charge on any atom is 0.334 e. The molecule has 0 saturated heterocycles. The summed E-state index contributed by atoms with van der Waals surface area (Å²) in [6.07, 6.45) is 2.27. The van der Waals surface area contributed by atoms with E-state index in [4.69, 9.17) is 27.9 Å². The van der Waals surface area contributed by atoms with E-state index in [1.165, 1.54) is 24.3 Å². The quantitative estimate of drug-likeness (QED) is 0.175. The first-order valence-electron chi connectivity index (χ1n) is 11.6. The average molecular weight is 584 g/mol. The molecule has 0 bridgehead atoms. The number of para-hydroxylation sites is 2. The van der Waals surface area contributed by atoms with E-state index in [1.807, 2.05) is 24.3 Å². The number of imide groups is 1. The lowest BCUT2D eigenvalue weighted by molar-refractivity contribution is -0.138. The fraction of sp³-hybridized carbons (Fsp3) is 0.148. The zero-order valence-electron chi connectivity index (χ0n) is 20.3. The molecular formula is C27H19Cl2N3O6S. The van der Waals surface area contributed by atoms with Gasteiger partial charge in [0.15, 0.2) is 0 Å². The van der Waals surface area contributed by atoms with E-state index in [0.29, 0.717) is 10.6 Å². The van der Waals surface area contributed by atoms with Crippen LogP contribution in [-0.2, 0) is 14.6 Å². The van der Waals surface area contributed by atoms with Crippen LogP contribution >= 0.6 is 23.2 Å². The van der Waals surface area contributed by atoms with E-state index in [2.05, 4.69) is 9.97 Å². The van der Waals surface area contributed by atoms with Gasteiger partial charge in [-0.2, -0.15) is 0 Å². The van der Waals surface area contributed by atoms with Crippen LogP contribution in [0.1, 0.15) is 27.1 Å². The molecule has 0 fully saturated rings. The maximum absolute atomic E-state index is 13.3. The first kappa shape index (κ1) is 26.7. The van der Waals surface area contributed by atoms with Gasteiger partial charge in [0.25, 0.3) is 11.8 Å². The van der Waals surface area contributed by atoms with Crippen LogP contribution in [0.25, 0.3) is 22.3 Å². The van der Waals surface area contributed by atoms with Gasteiger partial charge >= 0.3 is 5.97 Å². The Morgan fingerprint density at radius 3 is 2.13 bits per heavy atom. The molecule has 5 rings (SSSR count). The molecule has 0 aliphatic carbocycles. The highest BCUT2D eigenvalue weighted by Gasteiger charge is 2.44. The second-order valence-corrected chi connectivity index (χ2v) is 12.0. The predicted molar refractivity (Wildman–Crippen MR) is 146 cm³/mol. The molecule has 198 valence electrons. The Labute approximate surface area is 233 Å². The zero-order chi connectivity index (χ0) is 27.9. The van der Waals surface area contributed by atoms with Gasteiger partial charge in [0.2, 0.25) is 0 Å². The number of hydrogen-bond donors (Lipinski definition) is 0. The Hall–Kier alpha value is -3.86. The van der Waals surface area contributed by atoms with Crippen molar-refractivity contribution in [2.45, 2.75) is 12.5 Å². The van der Waals surface area contributed by atoms with Gasteiger partial charge in [0, 0.05) is 11.8 Å². The summed E-state index contributed by atoms with van der Waals surface area (Å²) in [5, 5.41) is 0.120. The maximum atomic E-state index is 13.3. The predicted octanol–water partition coefficient (Wildman–Crippen LogP) is 4.61. The largest absolute Gasteiger partial charge is 0.425 e. The van der Waals surface area contributed by atoms with Crippen LogP contribution in [0.3, 0.4) is 0 Å². The molecule has 9 nitrogen and oxygen atoms in total. The number of ether oxygens (including phenoxy) is 1. The van der Waals surface area contributed by atoms with Gasteiger partial charge in [0.1, 0.15) is 21.6 Å². The fourth-order valence-electron chi connectivity index (χ4n) is 4.19. The van der Waals surface area contributed by atoms with E-state index in [9.17, 15) is 22.8 Å². The number of carbonyl (C=O) groups excluding carboxylic acids is 3. The molecule has 2 heterocycles. The van der Waals surface area contributed by atoms with Crippen molar-refractivity contribution < 1.29 is 27.5 Å². The number of hydrogen-bond acceptors (Lipinski definition) is 8. The molecule has 0 saturated carbocycles. The number of halogens is 2. The van der Waals surface area contributed by atoms with Gasteiger partial charge in [-0.15, -0.1) is 0 Å². The molecule has 0 spiro atoms. The average Bonchev–Trinajstić information content (AvgIpc) is 3.13. The number of sulfone groups is 1. The molecule has 0 unspecified atom stereocenters. The molecule has 12 heteroatoms. The van der Waals surface area contributed by atoms with Crippen molar-refractivity contribution in [3.8, 4) is 17.0 Å². The monoisotopic (exact) mass is 583 g/mol. The Morgan fingerprint density at radius 1 is 0.949 bits per heavy atom. The molecule has 1 aromatic heterocycles. The smallest absolute Gasteiger partial charge is 0.334 e. The van der Waals surface area contributed by atoms with Gasteiger partial charge < -0.3 is 4.74 Å². The van der Waals surface area contributed by atoms with E-state index >= 15 is 0 Å². The lowest BCUT2D eigenvalue weighted by atomic mass is 10.1. The first-order chi connectivity index (χ1) is 18.5. The molecule has 1 atom stereocenters. The molecule has 2 amide bonds. The van der Waals surface area contributed by atoms with Gasteiger partial charge in [-0.1, -0.05) is 35.3 Å². The van der Waals surface area contributed by atoms with Crippen molar-refractivity contribution in [1.82, 2.24) is 14.9 Å². The van der Waals surface area contributed by atoms with Crippen LogP contribution in [0.15, 0.2) is 66.9 Å². The SMILES string of the molecule is CS(=O)(=O)CC[C@@H](C(=O)Oc1ccc(-c2cnc3ccccc3n2)cc1)N1C(=O)c2cc(Cl)c(Cl)cc2C1=O. The van der Waals surface area contributed by atoms with Gasteiger partial charge in [-0.05, 0) is 55.0 Å². The highest BCUT2D eigenvalue weighted by atomic mass is 35.5. The number of rotatable bonds is 7. The molecule has 3 aromatic carbocycles. The van der Waals surface area contributed by atoms with Crippen molar-refractivity contribution in [1.29, 1.82) is 0 Å². The summed E-state index contributed by atoms with van der Waals surface area (Å²) in [6, 6.07) is 14.8. The Kier molecular flexibility index (Phi) is 7.11. The van der Waals surface area contributed by atoms with Crippen molar-refractivity contribution in [3.05, 3.63) is 88.0 Å². The third-order valence-electron chi connectivity index (χ3n) is 6.12. The molecule has 4 aromatic rings. The standard InChI is InChI=1S/C27H19Cl2N3O6S/c1-39(36,37)11-10-24(32-25(33)17-12-19(28)20(29)13-18(17)26(32)34)27(35)38-16-8-6-15(7-9-16)23-14-30-21-4-2-3-5-22(21)31-23/h2-9,12-14,24H,10-11H2,1H3/t24-/m0/s1. The number of carbonyl (C=O) groups is 3. The van der Waals surface area contributed by atoms with E-state index < -0.39 is 39.4 Å². The number of fused-ring (bicyclic) bond motifs is 2. The Bertz CT molecular complexity index is 1720. The van der Waals surface area contributed by atoms with E-state index in [0.717, 1.165) is 22.9 Å². The number of benzene rings is 3. The van der Waals surface area contributed by atoms with Crippen molar-refractivity contribution in [2.24, 2.45) is 0 Å². The van der Waals surface area contributed by atoms with Crippen LogP contribution in [0.4, 0.5) is 0 Å². The minimum Gasteiger partial charge on any atom is -0.425 e. The third-order valence-corrected chi connectivity index (χ3v) is 7.82. The normalized spacial score (nSPS) is 14.0. The summed E-state index contributed by atoms with van der Waals surface area (Å²) in [7, 11) is -3.54. The Balaban J connectivity index is 1.40. The summed E-state index contributed by atoms with van der Waals surface area (Å²) >= 11 is 12.0. The molecule has 0 radical (unpaired) electrons. The second kappa shape index (κ2) is 10.4. The summed E-state index contributed by atoms with van der Waals surface area (Å²) < 4.78 is 29.2. The van der Waals surface area contributed by atoms with E-state index in [1.54, 1.807) is 18.3 Å². The topological polar surface area (TPSA) is 124 Å². The minimum absolute atomic E-state index is 0.0348. The molecule has 1 aliphatic rings. The molecule has 1 aliphatic heterocycles. The lowest BCUT2D eigenvalue weighted by Crippen LogP contribution is -2.47. The fourth-order valence-corrected chi connectivity index (χ4v) is 5.17. The van der Waals surface area contributed by atoms with Gasteiger partial charge in [-0.25, -0.2) is 18.2 Å². The zero-order valence-corrected chi connectivity index (χ0v) is 22.6. The summed E-state index contributed by atoms with van der Waals surface area (Å²) in [5.74, 6) is -2.89. The minimum atomic E-state index is -3.54. The van der Waals surface area contributed by atoms with Crippen LogP contribution in [0, 0.1) is 0 Å². The summed E-state index contributed by atoms with van der Waals surface area (Å²) in [5.41, 5.74) is 2.74. The molecule has 39 heavy (non-hydrogen) atoms. The van der Waals surface area contributed by atoms with E-state index in [-0.39, 0.29) is 33.3 Å². The summed E-state index contributed by atoms with van der Waals surface area (Å²) in [6.45, 7) is 0.